The minimum absolute atomic E-state index is 0.215. The van der Waals surface area contributed by atoms with Crippen LogP contribution < -0.4 is 0 Å². The molecule has 0 spiro atoms. The number of aliphatic hydroxyl groups is 1. The Kier molecular flexibility index (Phi) is 3.38. The highest BCUT2D eigenvalue weighted by Crippen LogP contribution is 2.38. The van der Waals surface area contributed by atoms with Crippen LogP contribution in [0.2, 0.25) is 4.34 Å². The topological polar surface area (TPSA) is 20.2 Å². The van der Waals surface area contributed by atoms with E-state index in [9.17, 15) is 5.11 Å². The first kappa shape index (κ1) is 11.0. The summed E-state index contributed by atoms with van der Waals surface area (Å²) in [5.41, 5.74) is -0.711. The minimum Gasteiger partial charge on any atom is -0.384 e. The largest absolute Gasteiger partial charge is 0.384 e. The first-order valence-electron chi connectivity index (χ1n) is 4.49. The van der Waals surface area contributed by atoms with E-state index in [2.05, 4.69) is 0 Å². The second-order valence-electron chi connectivity index (χ2n) is 3.54. The fourth-order valence-corrected chi connectivity index (χ4v) is 2.77. The molecule has 0 saturated heterocycles. The average Bonchev–Trinajstić information content (AvgIpc) is 2.50. The van der Waals surface area contributed by atoms with Crippen LogP contribution in [-0.4, -0.2) is 5.11 Å². The van der Waals surface area contributed by atoms with Crippen LogP contribution in [-0.2, 0) is 5.60 Å². The zero-order chi connectivity index (χ0) is 10.1. The summed E-state index contributed by atoms with van der Waals surface area (Å²) in [6.45, 7) is 6.04. The molecular weight excluding hydrogens is 204 g/mol. The first-order chi connectivity index (χ1) is 6.00. The SMILES string of the molecule is CCC(O)(c1ccc(Cl)s1)C(C)C. The molecule has 0 aromatic carbocycles. The maximum atomic E-state index is 10.3. The molecule has 0 aliphatic heterocycles. The molecule has 0 aliphatic rings. The van der Waals surface area contributed by atoms with Crippen LogP contribution in [0, 0.1) is 5.92 Å². The molecule has 1 atom stereocenters. The zero-order valence-corrected chi connectivity index (χ0v) is 9.75. The van der Waals surface area contributed by atoms with Gasteiger partial charge in [0.25, 0.3) is 0 Å². The lowest BCUT2D eigenvalue weighted by molar-refractivity contribution is -0.0105. The van der Waals surface area contributed by atoms with Gasteiger partial charge in [-0.25, -0.2) is 0 Å². The van der Waals surface area contributed by atoms with Crippen LogP contribution in [0.15, 0.2) is 12.1 Å². The van der Waals surface area contributed by atoms with E-state index in [4.69, 9.17) is 11.6 Å². The number of hydrogen-bond acceptors (Lipinski definition) is 2. The van der Waals surface area contributed by atoms with Crippen LogP contribution in [0.3, 0.4) is 0 Å². The van der Waals surface area contributed by atoms with Crippen LogP contribution in [0.1, 0.15) is 32.1 Å². The van der Waals surface area contributed by atoms with Gasteiger partial charge < -0.3 is 5.11 Å². The number of hydrogen-bond donors (Lipinski definition) is 1. The second kappa shape index (κ2) is 3.99. The van der Waals surface area contributed by atoms with E-state index in [1.165, 1.54) is 11.3 Å². The summed E-state index contributed by atoms with van der Waals surface area (Å²) in [4.78, 5) is 0.968. The third kappa shape index (κ3) is 2.06. The third-order valence-corrected chi connectivity index (χ3v) is 3.89. The van der Waals surface area contributed by atoms with E-state index in [-0.39, 0.29) is 5.92 Å². The quantitative estimate of drug-likeness (QED) is 0.821. The van der Waals surface area contributed by atoms with Crippen molar-refractivity contribution in [1.82, 2.24) is 0 Å². The molecule has 0 saturated carbocycles. The predicted molar refractivity (Wildman–Crippen MR) is 58.4 cm³/mol. The molecule has 1 rings (SSSR count). The molecule has 1 unspecified atom stereocenters. The number of halogens is 1. The standard InChI is InChI=1S/C10H15ClOS/c1-4-10(12,7(2)3)8-5-6-9(11)13-8/h5-7,12H,4H2,1-3H3. The van der Waals surface area contributed by atoms with Crippen LogP contribution in [0.25, 0.3) is 0 Å². The van der Waals surface area contributed by atoms with Gasteiger partial charge in [-0.1, -0.05) is 32.4 Å². The summed E-state index contributed by atoms with van der Waals surface area (Å²) in [7, 11) is 0. The summed E-state index contributed by atoms with van der Waals surface area (Å²) < 4.78 is 0.738. The molecule has 0 amide bonds. The number of thiophene rings is 1. The van der Waals surface area contributed by atoms with E-state index in [1.807, 2.05) is 32.9 Å². The molecule has 1 aromatic heterocycles. The van der Waals surface area contributed by atoms with Crippen molar-refractivity contribution in [2.75, 3.05) is 0 Å². The Morgan fingerprint density at radius 3 is 2.46 bits per heavy atom. The van der Waals surface area contributed by atoms with Crippen molar-refractivity contribution in [3.05, 3.63) is 21.3 Å². The molecule has 1 N–H and O–H groups in total. The van der Waals surface area contributed by atoms with Gasteiger partial charge in [0, 0.05) is 4.88 Å². The monoisotopic (exact) mass is 218 g/mol. The molecule has 1 nitrogen and oxygen atoms in total. The lowest BCUT2D eigenvalue weighted by Crippen LogP contribution is -2.29. The summed E-state index contributed by atoms with van der Waals surface area (Å²) >= 11 is 7.30. The van der Waals surface area contributed by atoms with Gasteiger partial charge >= 0.3 is 0 Å². The summed E-state index contributed by atoms with van der Waals surface area (Å²) in [5, 5.41) is 10.3. The van der Waals surface area contributed by atoms with Crippen molar-refractivity contribution in [2.45, 2.75) is 32.8 Å². The highest BCUT2D eigenvalue weighted by atomic mass is 35.5. The Labute approximate surface area is 88.4 Å². The molecule has 1 aromatic rings. The zero-order valence-electron chi connectivity index (χ0n) is 8.17. The van der Waals surface area contributed by atoms with Crippen molar-refractivity contribution in [3.8, 4) is 0 Å². The third-order valence-electron chi connectivity index (χ3n) is 2.49. The molecular formula is C10H15ClOS. The molecule has 0 bridgehead atoms. The van der Waals surface area contributed by atoms with Gasteiger partial charge in [0.15, 0.2) is 0 Å². The lowest BCUT2D eigenvalue weighted by Gasteiger charge is -2.29. The van der Waals surface area contributed by atoms with Crippen molar-refractivity contribution < 1.29 is 5.11 Å². The molecule has 3 heteroatoms. The van der Waals surface area contributed by atoms with Crippen molar-refractivity contribution >= 4 is 22.9 Å². The van der Waals surface area contributed by atoms with E-state index in [0.29, 0.717) is 0 Å². The highest BCUT2D eigenvalue weighted by molar-refractivity contribution is 7.16. The molecule has 13 heavy (non-hydrogen) atoms. The van der Waals surface area contributed by atoms with Gasteiger partial charge in [-0.2, -0.15) is 0 Å². The van der Waals surface area contributed by atoms with E-state index >= 15 is 0 Å². The smallest absolute Gasteiger partial charge is 0.101 e. The van der Waals surface area contributed by atoms with Crippen LogP contribution in [0.5, 0.6) is 0 Å². The Morgan fingerprint density at radius 1 is 1.54 bits per heavy atom. The molecule has 1 heterocycles. The minimum atomic E-state index is -0.711. The summed E-state index contributed by atoms with van der Waals surface area (Å²) in [6, 6.07) is 3.75. The lowest BCUT2D eigenvalue weighted by atomic mass is 9.86. The van der Waals surface area contributed by atoms with Gasteiger partial charge in [-0.15, -0.1) is 11.3 Å². The van der Waals surface area contributed by atoms with Crippen LogP contribution >= 0.6 is 22.9 Å². The Morgan fingerprint density at radius 2 is 2.15 bits per heavy atom. The molecule has 0 radical (unpaired) electrons. The van der Waals surface area contributed by atoms with E-state index in [1.54, 1.807) is 0 Å². The van der Waals surface area contributed by atoms with Crippen LogP contribution in [0.4, 0.5) is 0 Å². The maximum Gasteiger partial charge on any atom is 0.101 e. The molecule has 0 fully saturated rings. The predicted octanol–water partition coefficient (Wildman–Crippen LogP) is 3.66. The summed E-state index contributed by atoms with van der Waals surface area (Å²) in [5.74, 6) is 0.215. The normalized spacial score (nSPS) is 16.2. The average molecular weight is 219 g/mol. The van der Waals surface area contributed by atoms with Gasteiger partial charge in [0.2, 0.25) is 0 Å². The van der Waals surface area contributed by atoms with Crippen molar-refractivity contribution in [3.63, 3.8) is 0 Å². The first-order valence-corrected chi connectivity index (χ1v) is 5.68. The fourth-order valence-electron chi connectivity index (χ4n) is 1.41. The second-order valence-corrected chi connectivity index (χ2v) is 5.25. The van der Waals surface area contributed by atoms with E-state index < -0.39 is 5.60 Å². The van der Waals surface area contributed by atoms with Gasteiger partial charge in [0.05, 0.1) is 4.34 Å². The Bertz CT molecular complexity index is 282. The maximum absolute atomic E-state index is 10.3. The number of rotatable bonds is 3. The van der Waals surface area contributed by atoms with Gasteiger partial charge in [0.1, 0.15) is 5.60 Å². The molecule has 0 aliphatic carbocycles. The fraction of sp³-hybridized carbons (Fsp3) is 0.600. The van der Waals surface area contributed by atoms with Crippen molar-refractivity contribution in [1.29, 1.82) is 0 Å². The summed E-state index contributed by atoms with van der Waals surface area (Å²) in [6.07, 6.45) is 0.724. The van der Waals surface area contributed by atoms with Crippen molar-refractivity contribution in [2.24, 2.45) is 5.92 Å². The van der Waals surface area contributed by atoms with Gasteiger partial charge in [-0.3, -0.25) is 0 Å². The highest BCUT2D eigenvalue weighted by Gasteiger charge is 2.32. The Balaban J connectivity index is 3.02. The van der Waals surface area contributed by atoms with Gasteiger partial charge in [-0.05, 0) is 24.5 Å². The van der Waals surface area contributed by atoms with E-state index in [0.717, 1.165) is 15.6 Å². The molecule has 74 valence electrons. The Hall–Kier alpha value is -0.0500.